The normalized spacial score (nSPS) is 11.1. The van der Waals surface area contributed by atoms with Crippen LogP contribution >= 0.6 is 0 Å². The van der Waals surface area contributed by atoms with Crippen LogP contribution in [0.15, 0.2) is 12.4 Å². The summed E-state index contributed by atoms with van der Waals surface area (Å²) in [5.41, 5.74) is 1.16. The SMILES string of the molecule is CC(C)NC(=O)Cn1cc(C(C)C)cn1. The highest BCUT2D eigenvalue weighted by Gasteiger charge is 2.07. The van der Waals surface area contributed by atoms with Gasteiger partial charge in [-0.1, -0.05) is 13.8 Å². The Morgan fingerprint density at radius 1 is 1.47 bits per heavy atom. The maximum Gasteiger partial charge on any atom is 0.241 e. The Morgan fingerprint density at radius 3 is 2.60 bits per heavy atom. The third-order valence-electron chi connectivity index (χ3n) is 2.08. The van der Waals surface area contributed by atoms with Gasteiger partial charge in [-0.05, 0) is 25.3 Å². The highest BCUT2D eigenvalue weighted by Crippen LogP contribution is 2.11. The second-order valence-electron chi connectivity index (χ2n) is 4.35. The van der Waals surface area contributed by atoms with E-state index in [2.05, 4.69) is 24.3 Å². The predicted molar refractivity (Wildman–Crippen MR) is 59.6 cm³/mol. The molecule has 0 aromatic carbocycles. The van der Waals surface area contributed by atoms with E-state index in [1.807, 2.05) is 26.2 Å². The molecule has 4 nitrogen and oxygen atoms in total. The van der Waals surface area contributed by atoms with Gasteiger partial charge in [-0.15, -0.1) is 0 Å². The summed E-state index contributed by atoms with van der Waals surface area (Å²) in [6, 6.07) is 0.178. The maximum absolute atomic E-state index is 11.4. The summed E-state index contributed by atoms with van der Waals surface area (Å²) >= 11 is 0. The summed E-state index contributed by atoms with van der Waals surface area (Å²) in [5.74, 6) is 0.454. The monoisotopic (exact) mass is 209 g/mol. The lowest BCUT2D eigenvalue weighted by Gasteiger charge is -2.07. The number of rotatable bonds is 4. The van der Waals surface area contributed by atoms with Crippen molar-refractivity contribution >= 4 is 5.91 Å². The zero-order valence-electron chi connectivity index (χ0n) is 9.82. The fourth-order valence-electron chi connectivity index (χ4n) is 1.28. The van der Waals surface area contributed by atoms with Gasteiger partial charge >= 0.3 is 0 Å². The molecule has 0 fully saturated rings. The van der Waals surface area contributed by atoms with Crippen molar-refractivity contribution in [3.63, 3.8) is 0 Å². The first-order chi connectivity index (χ1) is 6.99. The molecule has 1 aromatic rings. The van der Waals surface area contributed by atoms with Crippen LogP contribution in [0.2, 0.25) is 0 Å². The van der Waals surface area contributed by atoms with Gasteiger partial charge in [0.25, 0.3) is 0 Å². The van der Waals surface area contributed by atoms with Crippen LogP contribution < -0.4 is 5.32 Å². The van der Waals surface area contributed by atoms with Crippen LogP contribution in [-0.4, -0.2) is 21.7 Å². The van der Waals surface area contributed by atoms with Crippen molar-refractivity contribution < 1.29 is 4.79 Å². The molecule has 0 aliphatic rings. The van der Waals surface area contributed by atoms with E-state index in [9.17, 15) is 4.79 Å². The van der Waals surface area contributed by atoms with Crippen LogP contribution in [0.25, 0.3) is 0 Å². The summed E-state index contributed by atoms with van der Waals surface area (Å²) in [6.07, 6.45) is 3.73. The van der Waals surface area contributed by atoms with Gasteiger partial charge in [0.15, 0.2) is 0 Å². The molecule has 1 aromatic heterocycles. The summed E-state index contributed by atoms with van der Waals surface area (Å²) in [4.78, 5) is 11.4. The lowest BCUT2D eigenvalue weighted by Crippen LogP contribution is -2.33. The molecule has 1 amide bonds. The third kappa shape index (κ3) is 3.73. The van der Waals surface area contributed by atoms with E-state index in [1.165, 1.54) is 0 Å². The molecule has 4 heteroatoms. The number of nitrogens with zero attached hydrogens (tertiary/aromatic N) is 2. The molecule has 0 saturated heterocycles. The van der Waals surface area contributed by atoms with Gasteiger partial charge in [0, 0.05) is 12.2 Å². The third-order valence-corrected chi connectivity index (χ3v) is 2.08. The van der Waals surface area contributed by atoms with Crippen LogP contribution in [0.4, 0.5) is 0 Å². The van der Waals surface area contributed by atoms with Gasteiger partial charge in [-0.25, -0.2) is 0 Å². The minimum atomic E-state index is 0.00315. The summed E-state index contributed by atoms with van der Waals surface area (Å²) in [6.45, 7) is 8.40. The molecule has 0 radical (unpaired) electrons. The van der Waals surface area contributed by atoms with Crippen LogP contribution in [0.5, 0.6) is 0 Å². The van der Waals surface area contributed by atoms with E-state index in [4.69, 9.17) is 0 Å². The molecule has 0 aliphatic heterocycles. The van der Waals surface area contributed by atoms with Crippen LogP contribution in [0.3, 0.4) is 0 Å². The second kappa shape index (κ2) is 4.96. The highest BCUT2D eigenvalue weighted by molar-refractivity contribution is 5.75. The van der Waals surface area contributed by atoms with E-state index in [-0.39, 0.29) is 11.9 Å². The zero-order valence-corrected chi connectivity index (χ0v) is 9.82. The number of hydrogen-bond donors (Lipinski definition) is 1. The molecule has 1 rings (SSSR count). The Morgan fingerprint density at radius 2 is 2.13 bits per heavy atom. The molecule has 1 N–H and O–H groups in total. The molecule has 0 aliphatic carbocycles. The van der Waals surface area contributed by atoms with Crippen LogP contribution in [0, 0.1) is 0 Å². The molecule has 0 atom stereocenters. The Balaban J connectivity index is 2.53. The Bertz CT molecular complexity index is 328. The van der Waals surface area contributed by atoms with Crippen molar-refractivity contribution in [1.29, 1.82) is 0 Å². The Hall–Kier alpha value is -1.32. The minimum Gasteiger partial charge on any atom is -0.352 e. The van der Waals surface area contributed by atoms with E-state index < -0.39 is 0 Å². The van der Waals surface area contributed by atoms with E-state index in [0.717, 1.165) is 5.56 Å². The zero-order chi connectivity index (χ0) is 11.4. The van der Waals surface area contributed by atoms with Crippen molar-refractivity contribution in [2.24, 2.45) is 0 Å². The second-order valence-corrected chi connectivity index (χ2v) is 4.35. The van der Waals surface area contributed by atoms with Gasteiger partial charge in [0.05, 0.1) is 6.20 Å². The average molecular weight is 209 g/mol. The number of carbonyl (C=O) groups is 1. The predicted octanol–water partition coefficient (Wildman–Crippen LogP) is 1.53. The largest absolute Gasteiger partial charge is 0.352 e. The van der Waals surface area contributed by atoms with Gasteiger partial charge in [0.1, 0.15) is 6.54 Å². The molecule has 0 bridgehead atoms. The fraction of sp³-hybridized carbons (Fsp3) is 0.636. The molecule has 1 heterocycles. The van der Waals surface area contributed by atoms with E-state index in [0.29, 0.717) is 12.5 Å². The number of carbonyl (C=O) groups excluding carboxylic acids is 1. The molecule has 0 spiro atoms. The number of nitrogens with one attached hydrogen (secondary N) is 1. The number of amides is 1. The van der Waals surface area contributed by atoms with Crippen molar-refractivity contribution in [3.8, 4) is 0 Å². The maximum atomic E-state index is 11.4. The Kier molecular flexibility index (Phi) is 3.88. The molecule has 15 heavy (non-hydrogen) atoms. The molecule has 0 unspecified atom stereocenters. The van der Waals surface area contributed by atoms with Gasteiger partial charge in [0.2, 0.25) is 5.91 Å². The number of aromatic nitrogens is 2. The van der Waals surface area contributed by atoms with Crippen molar-refractivity contribution in [2.75, 3.05) is 0 Å². The first-order valence-electron chi connectivity index (χ1n) is 5.30. The Labute approximate surface area is 90.7 Å². The minimum absolute atomic E-state index is 0.00315. The smallest absolute Gasteiger partial charge is 0.241 e. The number of hydrogen-bond acceptors (Lipinski definition) is 2. The molecular weight excluding hydrogens is 190 g/mol. The quantitative estimate of drug-likeness (QED) is 0.817. The molecule has 0 saturated carbocycles. The fourth-order valence-corrected chi connectivity index (χ4v) is 1.28. The van der Waals surface area contributed by atoms with Gasteiger partial charge < -0.3 is 5.32 Å². The molecular formula is C11H19N3O. The van der Waals surface area contributed by atoms with Gasteiger partial charge in [-0.2, -0.15) is 5.10 Å². The van der Waals surface area contributed by atoms with E-state index >= 15 is 0 Å². The first-order valence-corrected chi connectivity index (χ1v) is 5.30. The summed E-state index contributed by atoms with van der Waals surface area (Å²) in [5, 5.41) is 6.97. The van der Waals surface area contributed by atoms with Crippen LogP contribution in [0.1, 0.15) is 39.2 Å². The average Bonchev–Trinajstić information content (AvgIpc) is 2.50. The van der Waals surface area contributed by atoms with E-state index in [1.54, 1.807) is 4.68 Å². The van der Waals surface area contributed by atoms with Crippen LogP contribution in [-0.2, 0) is 11.3 Å². The lowest BCUT2D eigenvalue weighted by molar-refractivity contribution is -0.122. The summed E-state index contributed by atoms with van der Waals surface area (Å²) < 4.78 is 1.67. The highest BCUT2D eigenvalue weighted by atomic mass is 16.2. The van der Waals surface area contributed by atoms with Gasteiger partial charge in [-0.3, -0.25) is 9.48 Å². The standard InChI is InChI=1S/C11H19N3O/c1-8(2)10-5-12-14(6-10)7-11(15)13-9(3)4/h5-6,8-9H,7H2,1-4H3,(H,13,15). The lowest BCUT2D eigenvalue weighted by atomic mass is 10.1. The van der Waals surface area contributed by atoms with Crippen molar-refractivity contribution in [1.82, 2.24) is 15.1 Å². The first kappa shape index (κ1) is 11.8. The topological polar surface area (TPSA) is 46.9 Å². The molecule has 84 valence electrons. The van der Waals surface area contributed by atoms with Crippen molar-refractivity contribution in [2.45, 2.75) is 46.2 Å². The van der Waals surface area contributed by atoms with Crippen molar-refractivity contribution in [3.05, 3.63) is 18.0 Å². The summed E-state index contributed by atoms with van der Waals surface area (Å²) in [7, 11) is 0.